The van der Waals surface area contributed by atoms with Crippen molar-refractivity contribution in [1.82, 2.24) is 0 Å². The van der Waals surface area contributed by atoms with E-state index in [2.05, 4.69) is 0 Å². The molecule has 1 atom stereocenters. The van der Waals surface area contributed by atoms with Crippen molar-refractivity contribution in [2.24, 2.45) is 0 Å². The van der Waals surface area contributed by atoms with Crippen molar-refractivity contribution in [2.45, 2.75) is 12.1 Å². The fraction of sp³-hybridized carbons (Fsp3) is 0.200. The van der Waals surface area contributed by atoms with Crippen LogP contribution in [-0.4, -0.2) is 12.5 Å². The summed E-state index contributed by atoms with van der Waals surface area (Å²) >= 11 is 0. The predicted molar refractivity (Wildman–Crippen MR) is 49.0 cm³/mol. The first-order valence-electron chi connectivity index (χ1n) is 4.12. The minimum atomic E-state index is -4.38. The summed E-state index contributed by atoms with van der Waals surface area (Å²) in [6, 6.07) is 4.20. The van der Waals surface area contributed by atoms with Crippen LogP contribution in [0.5, 0.6) is 0 Å². The smallest absolute Gasteiger partial charge is 0.312 e. The van der Waals surface area contributed by atoms with E-state index < -0.39 is 17.7 Å². The average molecular weight is 215 g/mol. The molecule has 0 aliphatic heterocycles. The maximum Gasteiger partial charge on any atom is 0.416 e. The Morgan fingerprint density at radius 1 is 1.20 bits per heavy atom. The van der Waals surface area contributed by atoms with Gasteiger partial charge in [-0.15, -0.1) is 0 Å². The van der Waals surface area contributed by atoms with Crippen molar-refractivity contribution in [2.75, 3.05) is 0 Å². The summed E-state index contributed by atoms with van der Waals surface area (Å²) in [7, 11) is 0. The Balaban J connectivity index is 2.99. The van der Waals surface area contributed by atoms with Crippen LogP contribution < -0.4 is 0 Å². The van der Waals surface area contributed by atoms with Crippen LogP contribution >= 0.6 is 0 Å². The molecule has 15 heavy (non-hydrogen) atoms. The van der Waals surface area contributed by atoms with Crippen LogP contribution in [0.3, 0.4) is 0 Å². The zero-order valence-electron chi connectivity index (χ0n) is 7.58. The minimum Gasteiger partial charge on any atom is -0.312 e. The maximum atomic E-state index is 12.2. The van der Waals surface area contributed by atoms with Crippen LogP contribution in [0.4, 0.5) is 13.2 Å². The highest BCUT2D eigenvalue weighted by molar-refractivity contribution is 5.86. The standard InChI is InChI=1S/C10H8F3NO/c11-10(12,13)9-3-1-7(2-4-9)8(5-14)6-15/h1-6,8,14H. The summed E-state index contributed by atoms with van der Waals surface area (Å²) in [5, 5.41) is 6.90. The number of rotatable bonds is 3. The van der Waals surface area contributed by atoms with Crippen molar-refractivity contribution < 1.29 is 18.0 Å². The average Bonchev–Trinajstić information content (AvgIpc) is 2.19. The molecule has 0 aromatic heterocycles. The first-order valence-corrected chi connectivity index (χ1v) is 4.12. The van der Waals surface area contributed by atoms with E-state index in [0.29, 0.717) is 11.8 Å². The quantitative estimate of drug-likeness (QED) is 0.611. The number of nitrogens with one attached hydrogen (secondary N) is 1. The third kappa shape index (κ3) is 2.65. The second-order valence-corrected chi connectivity index (χ2v) is 2.95. The molecule has 0 aliphatic rings. The van der Waals surface area contributed by atoms with Gasteiger partial charge in [0.05, 0.1) is 11.5 Å². The molecule has 0 saturated carbocycles. The van der Waals surface area contributed by atoms with E-state index in [1.165, 1.54) is 12.1 Å². The van der Waals surface area contributed by atoms with Gasteiger partial charge in [0.25, 0.3) is 0 Å². The summed E-state index contributed by atoms with van der Waals surface area (Å²) in [5.41, 5.74) is -0.381. The normalized spacial score (nSPS) is 13.3. The van der Waals surface area contributed by atoms with Crippen LogP contribution in [0.25, 0.3) is 0 Å². The fourth-order valence-electron chi connectivity index (χ4n) is 1.11. The van der Waals surface area contributed by atoms with Gasteiger partial charge in [0, 0.05) is 6.21 Å². The van der Waals surface area contributed by atoms with Crippen molar-refractivity contribution in [3.8, 4) is 0 Å². The van der Waals surface area contributed by atoms with E-state index in [4.69, 9.17) is 5.41 Å². The number of carbonyl (C=O) groups is 1. The van der Waals surface area contributed by atoms with Gasteiger partial charge in [-0.2, -0.15) is 13.2 Å². The monoisotopic (exact) mass is 215 g/mol. The van der Waals surface area contributed by atoms with Gasteiger partial charge >= 0.3 is 6.18 Å². The van der Waals surface area contributed by atoms with Gasteiger partial charge in [0.15, 0.2) is 0 Å². The molecule has 5 heteroatoms. The number of alkyl halides is 3. The summed E-state index contributed by atoms with van der Waals surface area (Å²) in [6.45, 7) is 0. The lowest BCUT2D eigenvalue weighted by molar-refractivity contribution is -0.137. The van der Waals surface area contributed by atoms with E-state index >= 15 is 0 Å². The van der Waals surface area contributed by atoms with E-state index in [9.17, 15) is 18.0 Å². The Labute approximate surface area is 84.2 Å². The molecule has 2 nitrogen and oxygen atoms in total. The number of carbonyl (C=O) groups excluding carboxylic acids is 1. The van der Waals surface area contributed by atoms with Gasteiger partial charge in [-0.3, -0.25) is 0 Å². The number of halogens is 3. The molecular formula is C10H8F3NO. The number of hydrogen-bond acceptors (Lipinski definition) is 2. The van der Waals surface area contributed by atoms with Gasteiger partial charge in [-0.05, 0) is 17.7 Å². The second kappa shape index (κ2) is 4.25. The minimum absolute atomic E-state index is 0.382. The van der Waals surface area contributed by atoms with Crippen molar-refractivity contribution >= 4 is 12.5 Å². The van der Waals surface area contributed by atoms with Gasteiger partial charge in [0.1, 0.15) is 6.29 Å². The Kier molecular flexibility index (Phi) is 3.24. The first-order chi connectivity index (χ1) is 6.99. The molecule has 1 unspecified atom stereocenters. The topological polar surface area (TPSA) is 40.9 Å². The Bertz CT molecular complexity index is 348. The fourth-order valence-corrected chi connectivity index (χ4v) is 1.11. The molecule has 1 rings (SSSR count). The van der Waals surface area contributed by atoms with Gasteiger partial charge in [0.2, 0.25) is 0 Å². The molecule has 0 radical (unpaired) electrons. The molecule has 80 valence electrons. The van der Waals surface area contributed by atoms with E-state index in [-0.39, 0.29) is 0 Å². The summed E-state index contributed by atoms with van der Waals surface area (Å²) in [6.07, 6.45) is -2.98. The number of aldehydes is 1. The van der Waals surface area contributed by atoms with Crippen LogP contribution in [0.15, 0.2) is 24.3 Å². The molecule has 0 spiro atoms. The van der Waals surface area contributed by atoms with E-state index in [0.717, 1.165) is 18.3 Å². The number of hydrogen-bond donors (Lipinski definition) is 1. The molecule has 0 saturated heterocycles. The molecule has 0 amide bonds. The molecule has 0 bridgehead atoms. The van der Waals surface area contributed by atoms with E-state index in [1.807, 2.05) is 0 Å². The van der Waals surface area contributed by atoms with Gasteiger partial charge in [-0.1, -0.05) is 12.1 Å². The van der Waals surface area contributed by atoms with Crippen molar-refractivity contribution in [3.63, 3.8) is 0 Å². The van der Waals surface area contributed by atoms with Crippen LogP contribution in [-0.2, 0) is 11.0 Å². The molecule has 1 N–H and O–H groups in total. The summed E-state index contributed by atoms with van der Waals surface area (Å²) in [4.78, 5) is 10.4. The molecule has 0 aliphatic carbocycles. The summed E-state index contributed by atoms with van der Waals surface area (Å²) < 4.78 is 36.5. The Hall–Kier alpha value is -1.65. The lowest BCUT2D eigenvalue weighted by Gasteiger charge is -2.08. The lowest BCUT2D eigenvalue weighted by atomic mass is 10.0. The predicted octanol–water partition coefficient (Wildman–Crippen LogP) is 2.64. The first kappa shape index (κ1) is 11.4. The highest BCUT2D eigenvalue weighted by Crippen LogP contribution is 2.29. The molecule has 1 aromatic carbocycles. The SMILES string of the molecule is N=CC(C=O)c1ccc(C(F)(F)F)cc1. The molecule has 0 heterocycles. The molecular weight excluding hydrogens is 207 g/mol. The largest absolute Gasteiger partial charge is 0.416 e. The summed E-state index contributed by atoms with van der Waals surface area (Å²) in [5.74, 6) is -0.771. The van der Waals surface area contributed by atoms with Crippen molar-refractivity contribution in [1.29, 1.82) is 5.41 Å². The second-order valence-electron chi connectivity index (χ2n) is 2.95. The number of benzene rings is 1. The maximum absolute atomic E-state index is 12.2. The Morgan fingerprint density at radius 3 is 2.07 bits per heavy atom. The van der Waals surface area contributed by atoms with Crippen molar-refractivity contribution in [3.05, 3.63) is 35.4 Å². The van der Waals surface area contributed by atoms with Crippen LogP contribution in [0.2, 0.25) is 0 Å². The molecule has 0 fully saturated rings. The molecule has 1 aromatic rings. The highest BCUT2D eigenvalue weighted by Gasteiger charge is 2.30. The lowest BCUT2D eigenvalue weighted by Crippen LogP contribution is -2.06. The Morgan fingerprint density at radius 2 is 1.73 bits per heavy atom. The zero-order valence-corrected chi connectivity index (χ0v) is 7.58. The zero-order chi connectivity index (χ0) is 11.5. The third-order valence-corrected chi connectivity index (χ3v) is 1.95. The van der Waals surface area contributed by atoms with Gasteiger partial charge in [-0.25, -0.2) is 0 Å². The highest BCUT2D eigenvalue weighted by atomic mass is 19.4. The third-order valence-electron chi connectivity index (χ3n) is 1.95. The van der Waals surface area contributed by atoms with Crippen LogP contribution in [0.1, 0.15) is 17.0 Å². The van der Waals surface area contributed by atoms with E-state index in [1.54, 1.807) is 0 Å². The van der Waals surface area contributed by atoms with Gasteiger partial charge < -0.3 is 10.2 Å². The van der Waals surface area contributed by atoms with Crippen LogP contribution in [0, 0.1) is 5.41 Å².